The largest absolute Gasteiger partial charge is 0.495 e. The van der Waals surface area contributed by atoms with Crippen molar-refractivity contribution in [3.63, 3.8) is 0 Å². The van der Waals surface area contributed by atoms with Gasteiger partial charge in [0.25, 0.3) is 0 Å². The third-order valence-corrected chi connectivity index (χ3v) is 4.25. The summed E-state index contributed by atoms with van der Waals surface area (Å²) in [5.41, 5.74) is 2.97. The maximum absolute atomic E-state index is 12.5. The Kier molecular flexibility index (Phi) is 6.23. The zero-order chi connectivity index (χ0) is 17.7. The molecular weight excluding hydrogens is 324 g/mol. The van der Waals surface area contributed by atoms with Gasteiger partial charge in [0.15, 0.2) is 0 Å². The molecule has 2 rings (SSSR count). The van der Waals surface area contributed by atoms with Gasteiger partial charge in [0, 0.05) is 11.6 Å². The van der Waals surface area contributed by atoms with Gasteiger partial charge in [0.1, 0.15) is 5.75 Å². The summed E-state index contributed by atoms with van der Waals surface area (Å²) in [5.74, 6) is 0.478. The lowest BCUT2D eigenvalue weighted by Gasteiger charge is -2.24. The summed E-state index contributed by atoms with van der Waals surface area (Å²) in [7, 11) is 3.49. The summed E-state index contributed by atoms with van der Waals surface area (Å²) in [6, 6.07) is 13.2. The second-order valence-corrected chi connectivity index (χ2v) is 6.35. The first-order valence-corrected chi connectivity index (χ1v) is 8.18. The number of hydrogen-bond acceptors (Lipinski definition) is 3. The second-order valence-electron chi connectivity index (χ2n) is 5.91. The van der Waals surface area contributed by atoms with Crippen LogP contribution in [0.1, 0.15) is 18.1 Å². The van der Waals surface area contributed by atoms with Crippen LogP contribution < -0.4 is 10.1 Å². The SMILES string of the molecule is COc1ccc(Cl)cc1NC(=O)C(C)N(C)Cc1ccc(C)cc1. The van der Waals surface area contributed by atoms with Gasteiger partial charge in [0.2, 0.25) is 5.91 Å². The van der Waals surface area contributed by atoms with E-state index in [1.807, 2.05) is 18.9 Å². The molecule has 2 aromatic rings. The number of ether oxygens (including phenoxy) is 1. The number of amides is 1. The summed E-state index contributed by atoms with van der Waals surface area (Å²) < 4.78 is 5.26. The molecule has 2 aromatic carbocycles. The van der Waals surface area contributed by atoms with E-state index < -0.39 is 0 Å². The van der Waals surface area contributed by atoms with Crippen LogP contribution in [-0.2, 0) is 11.3 Å². The Morgan fingerprint density at radius 2 is 1.92 bits per heavy atom. The van der Waals surface area contributed by atoms with Crippen LogP contribution in [-0.4, -0.2) is 31.0 Å². The summed E-state index contributed by atoms with van der Waals surface area (Å²) in [6.45, 7) is 4.63. The lowest BCUT2D eigenvalue weighted by atomic mass is 10.1. The lowest BCUT2D eigenvalue weighted by Crippen LogP contribution is -2.39. The molecule has 0 saturated heterocycles. The molecule has 0 aromatic heterocycles. The first-order valence-electron chi connectivity index (χ1n) is 7.81. The fraction of sp³-hybridized carbons (Fsp3) is 0.316. The van der Waals surface area contributed by atoms with Crippen LogP contribution in [0.25, 0.3) is 0 Å². The first-order chi connectivity index (χ1) is 11.4. The number of likely N-dealkylation sites (N-methyl/N-ethyl adjacent to an activating group) is 1. The number of nitrogens with zero attached hydrogens (tertiary/aromatic N) is 1. The Labute approximate surface area is 148 Å². The van der Waals surface area contributed by atoms with Gasteiger partial charge < -0.3 is 10.1 Å². The standard InChI is InChI=1S/C19H23ClN2O2/c1-13-5-7-15(8-6-13)12-22(3)14(2)19(23)21-17-11-16(20)9-10-18(17)24-4/h5-11,14H,12H2,1-4H3,(H,21,23). The van der Waals surface area contributed by atoms with E-state index in [1.54, 1.807) is 25.3 Å². The second kappa shape index (κ2) is 8.18. The topological polar surface area (TPSA) is 41.6 Å². The van der Waals surface area contributed by atoms with Gasteiger partial charge in [0.05, 0.1) is 18.8 Å². The van der Waals surface area contributed by atoms with E-state index in [1.165, 1.54) is 11.1 Å². The van der Waals surface area contributed by atoms with Crippen molar-refractivity contribution in [2.45, 2.75) is 26.4 Å². The molecule has 0 radical (unpaired) electrons. The van der Waals surface area contributed by atoms with Crippen LogP contribution in [0, 0.1) is 6.92 Å². The number of carbonyl (C=O) groups excluding carboxylic acids is 1. The Bertz CT molecular complexity index is 701. The minimum absolute atomic E-state index is 0.106. The third kappa shape index (κ3) is 4.73. The average Bonchev–Trinajstić information content (AvgIpc) is 2.56. The molecular formula is C19H23ClN2O2. The van der Waals surface area contributed by atoms with Crippen LogP contribution in [0.5, 0.6) is 5.75 Å². The number of halogens is 1. The number of aryl methyl sites for hydroxylation is 1. The zero-order valence-corrected chi connectivity index (χ0v) is 15.2. The van der Waals surface area contributed by atoms with Gasteiger partial charge >= 0.3 is 0 Å². The lowest BCUT2D eigenvalue weighted by molar-refractivity contribution is -0.120. The van der Waals surface area contributed by atoms with Crippen LogP contribution in [0.15, 0.2) is 42.5 Å². The molecule has 1 N–H and O–H groups in total. The van der Waals surface area contributed by atoms with Crippen molar-refractivity contribution in [2.75, 3.05) is 19.5 Å². The van der Waals surface area contributed by atoms with Gasteiger partial charge in [-0.1, -0.05) is 41.4 Å². The highest BCUT2D eigenvalue weighted by Crippen LogP contribution is 2.28. The molecule has 0 spiro atoms. The van der Waals surface area contributed by atoms with Crippen molar-refractivity contribution in [3.05, 3.63) is 58.6 Å². The van der Waals surface area contributed by atoms with E-state index in [0.29, 0.717) is 23.0 Å². The number of rotatable bonds is 6. The fourth-order valence-electron chi connectivity index (χ4n) is 2.33. The molecule has 0 bridgehead atoms. The van der Waals surface area contributed by atoms with Crippen LogP contribution in [0.4, 0.5) is 5.69 Å². The van der Waals surface area contributed by atoms with Crippen molar-refractivity contribution in [1.82, 2.24) is 4.90 Å². The molecule has 24 heavy (non-hydrogen) atoms. The maximum Gasteiger partial charge on any atom is 0.241 e. The molecule has 1 amide bonds. The number of hydrogen-bond donors (Lipinski definition) is 1. The average molecular weight is 347 g/mol. The van der Waals surface area contributed by atoms with E-state index in [4.69, 9.17) is 16.3 Å². The summed E-state index contributed by atoms with van der Waals surface area (Å²) in [5, 5.41) is 3.44. The van der Waals surface area contributed by atoms with Gasteiger partial charge in [-0.25, -0.2) is 0 Å². The monoisotopic (exact) mass is 346 g/mol. The Morgan fingerprint density at radius 1 is 1.25 bits per heavy atom. The van der Waals surface area contributed by atoms with E-state index in [-0.39, 0.29) is 11.9 Å². The van der Waals surface area contributed by atoms with E-state index in [2.05, 4.69) is 36.5 Å². The summed E-state index contributed by atoms with van der Waals surface area (Å²) in [4.78, 5) is 14.5. The highest BCUT2D eigenvalue weighted by atomic mass is 35.5. The van der Waals surface area contributed by atoms with Crippen LogP contribution >= 0.6 is 11.6 Å². The van der Waals surface area contributed by atoms with Crippen molar-refractivity contribution < 1.29 is 9.53 Å². The molecule has 4 nitrogen and oxygen atoms in total. The third-order valence-electron chi connectivity index (χ3n) is 4.01. The first kappa shape index (κ1) is 18.3. The van der Waals surface area contributed by atoms with Gasteiger partial charge in [-0.3, -0.25) is 9.69 Å². The molecule has 0 saturated carbocycles. The van der Waals surface area contributed by atoms with E-state index in [9.17, 15) is 4.79 Å². The highest BCUT2D eigenvalue weighted by molar-refractivity contribution is 6.31. The van der Waals surface area contributed by atoms with Crippen LogP contribution in [0.3, 0.4) is 0 Å². The number of benzene rings is 2. The van der Waals surface area contributed by atoms with E-state index >= 15 is 0 Å². The molecule has 0 aliphatic carbocycles. The number of nitrogens with one attached hydrogen (secondary N) is 1. The predicted molar refractivity (Wildman–Crippen MR) is 98.7 cm³/mol. The molecule has 128 valence electrons. The zero-order valence-electron chi connectivity index (χ0n) is 14.5. The number of methoxy groups -OCH3 is 1. The molecule has 0 aliphatic rings. The summed E-state index contributed by atoms with van der Waals surface area (Å²) >= 11 is 6.00. The van der Waals surface area contributed by atoms with Crippen molar-refractivity contribution in [2.24, 2.45) is 0 Å². The van der Waals surface area contributed by atoms with Crippen molar-refractivity contribution in [3.8, 4) is 5.75 Å². The van der Waals surface area contributed by atoms with Crippen LogP contribution in [0.2, 0.25) is 5.02 Å². The smallest absolute Gasteiger partial charge is 0.241 e. The minimum atomic E-state index is -0.296. The Hall–Kier alpha value is -2.04. The predicted octanol–water partition coefficient (Wildman–Crippen LogP) is 4.12. The van der Waals surface area contributed by atoms with Gasteiger partial charge in [-0.05, 0) is 44.7 Å². The number of anilines is 1. The molecule has 1 atom stereocenters. The minimum Gasteiger partial charge on any atom is -0.495 e. The Morgan fingerprint density at radius 3 is 2.54 bits per heavy atom. The molecule has 1 unspecified atom stereocenters. The van der Waals surface area contributed by atoms with Crippen molar-refractivity contribution in [1.29, 1.82) is 0 Å². The quantitative estimate of drug-likeness (QED) is 0.855. The Balaban J connectivity index is 2.03. The molecule has 0 heterocycles. The molecule has 0 fully saturated rings. The highest BCUT2D eigenvalue weighted by Gasteiger charge is 2.19. The normalized spacial score (nSPS) is 12.1. The van der Waals surface area contributed by atoms with Crippen molar-refractivity contribution >= 4 is 23.2 Å². The van der Waals surface area contributed by atoms with Gasteiger partial charge in [-0.2, -0.15) is 0 Å². The molecule has 5 heteroatoms. The van der Waals surface area contributed by atoms with Gasteiger partial charge in [-0.15, -0.1) is 0 Å². The maximum atomic E-state index is 12.5. The fourth-order valence-corrected chi connectivity index (χ4v) is 2.51. The van der Waals surface area contributed by atoms with E-state index in [0.717, 1.165) is 0 Å². The number of carbonyl (C=O) groups is 1. The molecule has 0 aliphatic heterocycles. The summed E-state index contributed by atoms with van der Waals surface area (Å²) in [6.07, 6.45) is 0.